The van der Waals surface area contributed by atoms with Crippen molar-refractivity contribution in [3.05, 3.63) is 58.6 Å². The first-order valence-electron chi connectivity index (χ1n) is 6.80. The Morgan fingerprint density at radius 2 is 1.53 bits per heavy atom. The third-order valence-corrected chi connectivity index (χ3v) is 3.70. The third-order valence-electron chi connectivity index (χ3n) is 3.44. The Bertz CT molecular complexity index is 559. The minimum Gasteiger partial charge on any atom is -0.0843 e. The first-order chi connectivity index (χ1) is 8.90. The van der Waals surface area contributed by atoms with E-state index in [1.165, 1.54) is 22.3 Å². The highest BCUT2D eigenvalue weighted by molar-refractivity contribution is 6.30. The molecule has 2 rings (SSSR count). The minimum atomic E-state index is 0.173. The zero-order valence-corrected chi connectivity index (χ0v) is 12.9. The molecule has 2 aromatic rings. The van der Waals surface area contributed by atoms with Gasteiger partial charge in [-0.25, -0.2) is 0 Å². The molecule has 0 radical (unpaired) electrons. The molecule has 0 saturated heterocycles. The van der Waals surface area contributed by atoms with Gasteiger partial charge >= 0.3 is 0 Å². The molecule has 100 valence electrons. The van der Waals surface area contributed by atoms with E-state index in [1.54, 1.807) is 0 Å². The van der Waals surface area contributed by atoms with E-state index in [1.807, 2.05) is 12.1 Å². The van der Waals surface area contributed by atoms with Gasteiger partial charge in [0.1, 0.15) is 0 Å². The lowest BCUT2D eigenvalue weighted by atomic mass is 9.84. The van der Waals surface area contributed by atoms with Crippen LogP contribution >= 0.6 is 11.6 Å². The number of hydrogen-bond donors (Lipinski definition) is 0. The molecule has 0 aromatic heterocycles. The predicted molar refractivity (Wildman–Crippen MR) is 85.0 cm³/mol. The normalized spacial score (nSPS) is 11.6. The molecule has 0 spiro atoms. The van der Waals surface area contributed by atoms with Crippen LogP contribution in [0.4, 0.5) is 0 Å². The fourth-order valence-electron chi connectivity index (χ4n) is 2.14. The fourth-order valence-corrected chi connectivity index (χ4v) is 2.26. The summed E-state index contributed by atoms with van der Waals surface area (Å²) in [6.07, 6.45) is 1.06. The molecular formula is C18H21Cl. The second-order valence-corrected chi connectivity index (χ2v) is 6.47. The van der Waals surface area contributed by atoms with Crippen LogP contribution in [0.15, 0.2) is 42.5 Å². The maximum atomic E-state index is 5.96. The highest BCUT2D eigenvalue weighted by Gasteiger charge is 2.15. The van der Waals surface area contributed by atoms with Gasteiger partial charge < -0.3 is 0 Å². The summed E-state index contributed by atoms with van der Waals surface area (Å²) in [7, 11) is 0. The second kappa shape index (κ2) is 5.38. The molecule has 0 saturated carbocycles. The molecule has 1 heteroatoms. The summed E-state index contributed by atoms with van der Waals surface area (Å²) in [5, 5.41) is 0.784. The highest BCUT2D eigenvalue weighted by Crippen LogP contribution is 2.30. The van der Waals surface area contributed by atoms with Crippen LogP contribution in [-0.4, -0.2) is 0 Å². The summed E-state index contributed by atoms with van der Waals surface area (Å²) in [5.41, 5.74) is 5.45. The maximum absolute atomic E-state index is 5.96. The predicted octanol–water partition coefficient (Wildman–Crippen LogP) is 5.87. The van der Waals surface area contributed by atoms with Crippen molar-refractivity contribution in [2.24, 2.45) is 0 Å². The SMILES string of the molecule is CCc1cc(-c2ccc(Cl)cc2)cc(C(C)(C)C)c1. The largest absolute Gasteiger partial charge is 0.0843 e. The van der Waals surface area contributed by atoms with E-state index in [0.29, 0.717) is 0 Å². The molecule has 2 aromatic carbocycles. The van der Waals surface area contributed by atoms with E-state index < -0.39 is 0 Å². The first kappa shape index (κ1) is 14.1. The molecule has 19 heavy (non-hydrogen) atoms. The average molecular weight is 273 g/mol. The fraction of sp³-hybridized carbons (Fsp3) is 0.333. The molecule has 0 N–H and O–H groups in total. The van der Waals surface area contributed by atoms with Gasteiger partial charge in [-0.15, -0.1) is 0 Å². The summed E-state index contributed by atoms with van der Waals surface area (Å²) in [6.45, 7) is 8.97. The molecule has 0 heterocycles. The van der Waals surface area contributed by atoms with Gasteiger partial charge in [0.25, 0.3) is 0 Å². The lowest BCUT2D eigenvalue weighted by molar-refractivity contribution is 0.589. The molecule has 0 fully saturated rings. The van der Waals surface area contributed by atoms with E-state index in [0.717, 1.165) is 11.4 Å². The Balaban J connectivity index is 2.54. The summed E-state index contributed by atoms with van der Waals surface area (Å²) >= 11 is 5.96. The van der Waals surface area contributed by atoms with E-state index in [-0.39, 0.29) is 5.41 Å². The van der Waals surface area contributed by atoms with E-state index in [2.05, 4.69) is 58.0 Å². The minimum absolute atomic E-state index is 0.173. The van der Waals surface area contributed by atoms with Gasteiger partial charge in [-0.1, -0.05) is 69.6 Å². The van der Waals surface area contributed by atoms with Crippen LogP contribution in [-0.2, 0) is 11.8 Å². The van der Waals surface area contributed by atoms with Crippen molar-refractivity contribution in [2.45, 2.75) is 39.5 Å². The van der Waals surface area contributed by atoms with Crippen LogP contribution < -0.4 is 0 Å². The Labute approximate surface area is 121 Å². The second-order valence-electron chi connectivity index (χ2n) is 6.03. The van der Waals surface area contributed by atoms with Crippen molar-refractivity contribution in [2.75, 3.05) is 0 Å². The molecule has 0 nitrogen and oxygen atoms in total. The van der Waals surface area contributed by atoms with Crippen molar-refractivity contribution in [3.8, 4) is 11.1 Å². The Kier molecular flexibility index (Phi) is 4.01. The van der Waals surface area contributed by atoms with E-state index in [4.69, 9.17) is 11.6 Å². The lowest BCUT2D eigenvalue weighted by Gasteiger charge is -2.21. The number of aryl methyl sites for hydroxylation is 1. The van der Waals surface area contributed by atoms with Gasteiger partial charge in [0.15, 0.2) is 0 Å². The summed E-state index contributed by atoms with van der Waals surface area (Å²) < 4.78 is 0. The molecule has 0 unspecified atom stereocenters. The van der Waals surface area contributed by atoms with E-state index in [9.17, 15) is 0 Å². The van der Waals surface area contributed by atoms with Crippen molar-refractivity contribution < 1.29 is 0 Å². The zero-order chi connectivity index (χ0) is 14.0. The van der Waals surface area contributed by atoms with Crippen LogP contribution in [0, 0.1) is 0 Å². The van der Waals surface area contributed by atoms with Gasteiger partial charge in [-0.05, 0) is 46.2 Å². The first-order valence-corrected chi connectivity index (χ1v) is 7.18. The molecular weight excluding hydrogens is 252 g/mol. The number of halogens is 1. The van der Waals surface area contributed by atoms with Gasteiger partial charge in [0.2, 0.25) is 0 Å². The third kappa shape index (κ3) is 3.39. The summed E-state index contributed by atoms with van der Waals surface area (Å²) in [5.74, 6) is 0. The lowest BCUT2D eigenvalue weighted by Crippen LogP contribution is -2.11. The summed E-state index contributed by atoms with van der Waals surface area (Å²) in [6, 6.07) is 15.0. The van der Waals surface area contributed by atoms with Gasteiger partial charge in [-0.3, -0.25) is 0 Å². The monoisotopic (exact) mass is 272 g/mol. The van der Waals surface area contributed by atoms with Crippen LogP contribution in [0.2, 0.25) is 5.02 Å². The van der Waals surface area contributed by atoms with Gasteiger partial charge in [0, 0.05) is 5.02 Å². The van der Waals surface area contributed by atoms with Crippen LogP contribution in [0.5, 0.6) is 0 Å². The Hall–Kier alpha value is -1.27. The molecule has 0 atom stereocenters. The quantitative estimate of drug-likeness (QED) is 0.642. The highest BCUT2D eigenvalue weighted by atomic mass is 35.5. The Morgan fingerprint density at radius 1 is 0.895 bits per heavy atom. The molecule has 0 bridgehead atoms. The molecule has 0 amide bonds. The van der Waals surface area contributed by atoms with Crippen molar-refractivity contribution in [3.63, 3.8) is 0 Å². The molecule has 0 aliphatic rings. The van der Waals surface area contributed by atoms with Crippen molar-refractivity contribution in [1.29, 1.82) is 0 Å². The maximum Gasteiger partial charge on any atom is 0.0406 e. The van der Waals surface area contributed by atoms with Crippen molar-refractivity contribution >= 4 is 11.6 Å². The summed E-state index contributed by atoms with van der Waals surface area (Å²) in [4.78, 5) is 0. The van der Waals surface area contributed by atoms with Crippen LogP contribution in [0.1, 0.15) is 38.8 Å². The number of rotatable bonds is 2. The van der Waals surface area contributed by atoms with Gasteiger partial charge in [0.05, 0.1) is 0 Å². The average Bonchev–Trinajstić information content (AvgIpc) is 2.38. The number of hydrogen-bond acceptors (Lipinski definition) is 0. The molecule has 0 aliphatic carbocycles. The van der Waals surface area contributed by atoms with E-state index >= 15 is 0 Å². The smallest absolute Gasteiger partial charge is 0.0406 e. The van der Waals surface area contributed by atoms with Gasteiger partial charge in [-0.2, -0.15) is 0 Å². The standard InChI is InChI=1S/C18H21Cl/c1-5-13-10-15(12-16(11-13)18(2,3)4)14-6-8-17(19)9-7-14/h6-12H,5H2,1-4H3. The van der Waals surface area contributed by atoms with Crippen LogP contribution in [0.3, 0.4) is 0 Å². The molecule has 0 aliphatic heterocycles. The van der Waals surface area contributed by atoms with Crippen LogP contribution in [0.25, 0.3) is 11.1 Å². The zero-order valence-electron chi connectivity index (χ0n) is 12.1. The topological polar surface area (TPSA) is 0 Å². The number of benzene rings is 2. The van der Waals surface area contributed by atoms with Crippen molar-refractivity contribution in [1.82, 2.24) is 0 Å². The Morgan fingerprint density at radius 3 is 2.05 bits per heavy atom.